The van der Waals surface area contributed by atoms with Gasteiger partial charge in [-0.1, -0.05) is 45.7 Å². The summed E-state index contributed by atoms with van der Waals surface area (Å²) in [5.74, 6) is 1.46. The third-order valence-electron chi connectivity index (χ3n) is 4.10. The number of ether oxygens (including phenoxy) is 1. The van der Waals surface area contributed by atoms with Crippen LogP contribution in [0.15, 0.2) is 58.8 Å². The van der Waals surface area contributed by atoms with Crippen LogP contribution >= 0.6 is 0 Å². The van der Waals surface area contributed by atoms with Crippen LogP contribution in [0, 0.1) is 5.92 Å². The summed E-state index contributed by atoms with van der Waals surface area (Å²) in [5, 5.41) is 8.59. The Kier molecular flexibility index (Phi) is 7.47. The average molecular weight is 324 g/mol. The van der Waals surface area contributed by atoms with Crippen LogP contribution in [0.1, 0.15) is 45.6 Å². The molecule has 0 amide bonds. The number of aryl methyl sites for hydroxylation is 1. The lowest BCUT2D eigenvalue weighted by atomic mass is 10.1. The van der Waals surface area contributed by atoms with Crippen molar-refractivity contribution in [3.63, 3.8) is 0 Å². The maximum absolute atomic E-state index is 5.75. The molecule has 3 nitrogen and oxygen atoms in total. The summed E-state index contributed by atoms with van der Waals surface area (Å²) >= 11 is 0. The number of nitrogens with zero attached hydrogens (tertiary/aromatic N) is 2. The van der Waals surface area contributed by atoms with E-state index in [0.717, 1.165) is 36.6 Å². The number of hydrogen-bond donors (Lipinski definition) is 0. The van der Waals surface area contributed by atoms with Crippen molar-refractivity contribution in [1.82, 2.24) is 0 Å². The summed E-state index contributed by atoms with van der Waals surface area (Å²) in [6, 6.07) is 16.1. The molecule has 3 heteroatoms. The molecule has 0 saturated heterocycles. The van der Waals surface area contributed by atoms with Crippen LogP contribution in [0.2, 0.25) is 0 Å². The Labute approximate surface area is 145 Å². The Morgan fingerprint density at radius 1 is 0.875 bits per heavy atom. The molecule has 0 radical (unpaired) electrons. The van der Waals surface area contributed by atoms with E-state index >= 15 is 0 Å². The molecule has 0 aliphatic carbocycles. The zero-order chi connectivity index (χ0) is 17.2. The van der Waals surface area contributed by atoms with Crippen molar-refractivity contribution in [3.8, 4) is 5.75 Å². The van der Waals surface area contributed by atoms with Crippen molar-refractivity contribution >= 4 is 11.4 Å². The molecule has 0 heterocycles. The number of azo groups is 1. The summed E-state index contributed by atoms with van der Waals surface area (Å²) < 4.78 is 5.75. The molecule has 2 aromatic carbocycles. The first-order chi connectivity index (χ1) is 11.7. The van der Waals surface area contributed by atoms with Crippen LogP contribution in [0.3, 0.4) is 0 Å². The lowest BCUT2D eigenvalue weighted by Gasteiger charge is -2.10. The van der Waals surface area contributed by atoms with Crippen LogP contribution in [0.25, 0.3) is 0 Å². The fourth-order valence-corrected chi connectivity index (χ4v) is 2.19. The second kappa shape index (κ2) is 9.86. The van der Waals surface area contributed by atoms with E-state index < -0.39 is 0 Å². The van der Waals surface area contributed by atoms with Crippen LogP contribution in [0.4, 0.5) is 11.4 Å². The lowest BCUT2D eigenvalue weighted by Crippen LogP contribution is -2.06. The minimum atomic E-state index is 0.574. The molecule has 0 aliphatic rings. The molecule has 0 bridgehead atoms. The first-order valence-corrected chi connectivity index (χ1v) is 8.94. The van der Waals surface area contributed by atoms with Crippen LogP contribution in [0.5, 0.6) is 5.75 Å². The molecule has 0 spiro atoms. The monoisotopic (exact) mass is 324 g/mol. The minimum Gasteiger partial charge on any atom is -0.493 e. The van der Waals surface area contributed by atoms with Crippen molar-refractivity contribution in [2.24, 2.45) is 16.1 Å². The van der Waals surface area contributed by atoms with Crippen LogP contribution in [-0.2, 0) is 6.42 Å². The van der Waals surface area contributed by atoms with Crippen molar-refractivity contribution in [3.05, 3.63) is 54.1 Å². The van der Waals surface area contributed by atoms with Gasteiger partial charge in [-0.15, -0.1) is 0 Å². The van der Waals surface area contributed by atoms with Crippen LogP contribution < -0.4 is 4.74 Å². The fraction of sp³-hybridized carbons (Fsp3) is 0.429. The molecule has 1 atom stereocenters. The Bertz CT molecular complexity index is 617. The number of unbranched alkanes of at least 4 members (excludes halogenated alkanes) is 1. The Hall–Kier alpha value is -2.16. The predicted molar refractivity (Wildman–Crippen MR) is 101 cm³/mol. The van der Waals surface area contributed by atoms with Gasteiger partial charge in [-0.3, -0.25) is 0 Å². The summed E-state index contributed by atoms with van der Waals surface area (Å²) in [6.45, 7) is 7.33. The molecule has 0 fully saturated rings. The van der Waals surface area contributed by atoms with Gasteiger partial charge in [-0.05, 0) is 60.7 Å². The first kappa shape index (κ1) is 18.2. The maximum Gasteiger partial charge on any atom is 0.119 e. The lowest BCUT2D eigenvalue weighted by molar-refractivity contribution is 0.256. The number of benzene rings is 2. The van der Waals surface area contributed by atoms with Gasteiger partial charge in [0.05, 0.1) is 18.0 Å². The second-order valence-corrected chi connectivity index (χ2v) is 6.29. The Morgan fingerprint density at radius 2 is 1.46 bits per heavy atom. The van der Waals surface area contributed by atoms with E-state index in [-0.39, 0.29) is 0 Å². The highest BCUT2D eigenvalue weighted by Gasteiger charge is 2.00. The van der Waals surface area contributed by atoms with E-state index in [4.69, 9.17) is 4.74 Å². The highest BCUT2D eigenvalue weighted by molar-refractivity contribution is 5.43. The van der Waals surface area contributed by atoms with Crippen molar-refractivity contribution in [2.45, 2.75) is 46.5 Å². The van der Waals surface area contributed by atoms with Gasteiger partial charge in [0.25, 0.3) is 0 Å². The van der Waals surface area contributed by atoms with Gasteiger partial charge in [0.2, 0.25) is 0 Å². The molecular formula is C21H28N2O. The standard InChI is InChI=1S/C21H28N2O/c1-4-6-7-18-8-10-19(11-9-18)22-23-20-12-14-21(15-13-20)24-16-17(3)5-2/h8-15,17H,4-7,16H2,1-3H3/t17-/m0/s1. The zero-order valence-corrected chi connectivity index (χ0v) is 15.0. The quantitative estimate of drug-likeness (QED) is 0.463. The van der Waals surface area contributed by atoms with Crippen molar-refractivity contribution < 1.29 is 4.74 Å². The van der Waals surface area contributed by atoms with Crippen LogP contribution in [-0.4, -0.2) is 6.61 Å². The molecule has 128 valence electrons. The van der Waals surface area contributed by atoms with E-state index in [1.807, 2.05) is 36.4 Å². The summed E-state index contributed by atoms with van der Waals surface area (Å²) in [6.07, 6.45) is 4.71. The number of rotatable bonds is 9. The van der Waals surface area contributed by atoms with E-state index in [2.05, 4.69) is 43.1 Å². The van der Waals surface area contributed by atoms with Crippen molar-refractivity contribution in [1.29, 1.82) is 0 Å². The SMILES string of the molecule is CCCCc1ccc(N=Nc2ccc(OC[C@@H](C)CC)cc2)cc1. The fourth-order valence-electron chi connectivity index (χ4n) is 2.19. The Balaban J connectivity index is 1.89. The summed E-state index contributed by atoms with van der Waals surface area (Å²) in [4.78, 5) is 0. The molecule has 0 aliphatic heterocycles. The van der Waals surface area contributed by atoms with Gasteiger partial charge >= 0.3 is 0 Å². The minimum absolute atomic E-state index is 0.574. The van der Waals surface area contributed by atoms with Gasteiger partial charge in [0.15, 0.2) is 0 Å². The van der Waals surface area contributed by atoms with E-state index in [9.17, 15) is 0 Å². The first-order valence-electron chi connectivity index (χ1n) is 8.94. The molecule has 0 N–H and O–H groups in total. The summed E-state index contributed by atoms with van der Waals surface area (Å²) in [7, 11) is 0. The topological polar surface area (TPSA) is 34.0 Å². The molecule has 2 rings (SSSR count). The Morgan fingerprint density at radius 3 is 2.00 bits per heavy atom. The van der Waals surface area contributed by atoms with E-state index in [0.29, 0.717) is 5.92 Å². The molecule has 0 aromatic heterocycles. The highest BCUT2D eigenvalue weighted by atomic mass is 16.5. The summed E-state index contributed by atoms with van der Waals surface area (Å²) in [5.41, 5.74) is 3.08. The smallest absolute Gasteiger partial charge is 0.119 e. The molecule has 0 saturated carbocycles. The third-order valence-corrected chi connectivity index (χ3v) is 4.10. The normalized spacial score (nSPS) is 12.5. The predicted octanol–water partition coefficient (Wildman–Crippen LogP) is 6.87. The van der Waals surface area contributed by atoms with Gasteiger partial charge in [-0.2, -0.15) is 10.2 Å². The van der Waals surface area contributed by atoms with Gasteiger partial charge in [-0.25, -0.2) is 0 Å². The molecule has 0 unspecified atom stereocenters. The van der Waals surface area contributed by atoms with Crippen molar-refractivity contribution in [2.75, 3.05) is 6.61 Å². The molecule has 24 heavy (non-hydrogen) atoms. The van der Waals surface area contributed by atoms with E-state index in [1.54, 1.807) is 0 Å². The number of hydrogen-bond acceptors (Lipinski definition) is 3. The molecule has 2 aromatic rings. The largest absolute Gasteiger partial charge is 0.493 e. The van der Waals surface area contributed by atoms with Gasteiger partial charge < -0.3 is 4.74 Å². The molecular weight excluding hydrogens is 296 g/mol. The average Bonchev–Trinajstić information content (AvgIpc) is 2.64. The zero-order valence-electron chi connectivity index (χ0n) is 15.0. The van der Waals surface area contributed by atoms with Gasteiger partial charge in [0.1, 0.15) is 5.75 Å². The second-order valence-electron chi connectivity index (χ2n) is 6.29. The maximum atomic E-state index is 5.75. The highest BCUT2D eigenvalue weighted by Crippen LogP contribution is 2.22. The van der Waals surface area contributed by atoms with E-state index in [1.165, 1.54) is 18.4 Å². The third kappa shape index (κ3) is 6.15. The van der Waals surface area contributed by atoms with Gasteiger partial charge in [0, 0.05) is 0 Å².